The molecule has 7 heteroatoms. The Balaban J connectivity index is 1.87. The van der Waals surface area contributed by atoms with E-state index in [1.165, 1.54) is 0 Å². The molecule has 0 fully saturated rings. The maximum absolute atomic E-state index is 12.8. The molecule has 0 aliphatic carbocycles. The number of sulfonamides is 1. The Kier molecular flexibility index (Phi) is 4.67. The minimum Gasteiger partial charge on any atom is -0.496 e. The molecule has 1 heterocycles. The predicted molar refractivity (Wildman–Crippen MR) is 96.3 cm³/mol. The lowest BCUT2D eigenvalue weighted by Gasteiger charge is -2.30. The molecule has 2 aromatic carbocycles. The highest BCUT2D eigenvalue weighted by Gasteiger charge is 2.25. The van der Waals surface area contributed by atoms with Gasteiger partial charge in [-0.1, -0.05) is 24.3 Å². The molecule has 1 aliphatic heterocycles. The zero-order chi connectivity index (χ0) is 18.0. The van der Waals surface area contributed by atoms with Gasteiger partial charge in [0.2, 0.25) is 10.0 Å². The third-order valence-corrected chi connectivity index (χ3v) is 4.78. The van der Waals surface area contributed by atoms with Gasteiger partial charge >= 0.3 is 0 Å². The molecular formula is C18H20N2O4S. The van der Waals surface area contributed by atoms with E-state index in [0.29, 0.717) is 36.5 Å². The Morgan fingerprint density at radius 3 is 2.64 bits per heavy atom. The van der Waals surface area contributed by atoms with E-state index < -0.39 is 10.0 Å². The molecule has 0 atom stereocenters. The van der Waals surface area contributed by atoms with Gasteiger partial charge < -0.3 is 9.64 Å². The Labute approximate surface area is 147 Å². The van der Waals surface area contributed by atoms with E-state index in [-0.39, 0.29) is 5.91 Å². The summed E-state index contributed by atoms with van der Waals surface area (Å²) in [5.74, 6) is 0.454. The maximum atomic E-state index is 12.8. The van der Waals surface area contributed by atoms with Gasteiger partial charge in [0.15, 0.2) is 0 Å². The summed E-state index contributed by atoms with van der Waals surface area (Å²) in [7, 11) is -1.80. The SMILES string of the molecule is COc1ccccc1C(=O)N1CCc2c(cccc2NS(C)(=O)=O)C1. The van der Waals surface area contributed by atoms with Crippen molar-refractivity contribution >= 4 is 21.6 Å². The number of benzene rings is 2. The number of hydrogen-bond acceptors (Lipinski definition) is 4. The van der Waals surface area contributed by atoms with Crippen molar-refractivity contribution in [3.05, 3.63) is 59.2 Å². The van der Waals surface area contributed by atoms with Crippen LogP contribution in [0.4, 0.5) is 5.69 Å². The summed E-state index contributed by atoms with van der Waals surface area (Å²) in [4.78, 5) is 14.6. The van der Waals surface area contributed by atoms with Crippen LogP contribution < -0.4 is 9.46 Å². The van der Waals surface area contributed by atoms with E-state index in [1.807, 2.05) is 18.2 Å². The summed E-state index contributed by atoms with van der Waals surface area (Å²) >= 11 is 0. The Morgan fingerprint density at radius 1 is 1.16 bits per heavy atom. The third kappa shape index (κ3) is 3.76. The first-order valence-electron chi connectivity index (χ1n) is 7.90. The van der Waals surface area contributed by atoms with Gasteiger partial charge in [-0.2, -0.15) is 0 Å². The van der Waals surface area contributed by atoms with Gasteiger partial charge in [0, 0.05) is 13.1 Å². The summed E-state index contributed by atoms with van der Waals surface area (Å²) in [6, 6.07) is 12.6. The lowest BCUT2D eigenvalue weighted by Crippen LogP contribution is -2.36. The molecule has 1 amide bonds. The van der Waals surface area contributed by atoms with Crippen molar-refractivity contribution in [2.45, 2.75) is 13.0 Å². The number of carbonyl (C=O) groups is 1. The molecule has 132 valence electrons. The fourth-order valence-electron chi connectivity index (χ4n) is 3.07. The van der Waals surface area contributed by atoms with E-state index in [1.54, 1.807) is 36.3 Å². The number of hydrogen-bond donors (Lipinski definition) is 1. The van der Waals surface area contributed by atoms with Crippen LogP contribution >= 0.6 is 0 Å². The first-order chi connectivity index (χ1) is 11.9. The number of fused-ring (bicyclic) bond motifs is 1. The lowest BCUT2D eigenvalue weighted by molar-refractivity contribution is 0.0731. The largest absolute Gasteiger partial charge is 0.496 e. The van der Waals surface area contributed by atoms with Gasteiger partial charge in [0.1, 0.15) is 5.75 Å². The zero-order valence-electron chi connectivity index (χ0n) is 14.2. The number of ether oxygens (including phenoxy) is 1. The number of methoxy groups -OCH3 is 1. The van der Waals surface area contributed by atoms with Crippen LogP contribution in [0.5, 0.6) is 5.75 Å². The van der Waals surface area contributed by atoms with Crippen molar-refractivity contribution in [1.82, 2.24) is 4.90 Å². The fraction of sp³-hybridized carbons (Fsp3) is 0.278. The number of para-hydroxylation sites is 1. The maximum Gasteiger partial charge on any atom is 0.257 e. The molecule has 0 saturated carbocycles. The first-order valence-corrected chi connectivity index (χ1v) is 9.79. The predicted octanol–water partition coefficient (Wildman–Crippen LogP) is 2.27. The minimum absolute atomic E-state index is 0.0930. The molecule has 0 aromatic heterocycles. The van der Waals surface area contributed by atoms with Crippen molar-refractivity contribution < 1.29 is 17.9 Å². The first kappa shape index (κ1) is 17.3. The lowest BCUT2D eigenvalue weighted by atomic mass is 9.97. The molecule has 0 bridgehead atoms. The second-order valence-electron chi connectivity index (χ2n) is 5.99. The molecule has 1 aliphatic rings. The standard InChI is InChI=1S/C18H20N2O4S/c1-24-17-9-4-3-7-15(17)18(21)20-11-10-14-13(12-20)6-5-8-16(14)19-25(2,22)23/h3-9,19H,10-12H2,1-2H3. The highest BCUT2D eigenvalue weighted by atomic mass is 32.2. The summed E-state index contributed by atoms with van der Waals surface area (Å²) in [6.07, 6.45) is 1.72. The summed E-state index contributed by atoms with van der Waals surface area (Å²) in [6.45, 7) is 0.956. The molecule has 2 aromatic rings. The molecule has 0 radical (unpaired) electrons. The van der Waals surface area contributed by atoms with Gasteiger partial charge in [0.25, 0.3) is 5.91 Å². The fourth-order valence-corrected chi connectivity index (χ4v) is 3.66. The average Bonchev–Trinajstić information content (AvgIpc) is 2.59. The Morgan fingerprint density at radius 2 is 1.92 bits per heavy atom. The highest BCUT2D eigenvalue weighted by Crippen LogP contribution is 2.29. The number of anilines is 1. The quantitative estimate of drug-likeness (QED) is 0.907. The van der Waals surface area contributed by atoms with Crippen LogP contribution in [-0.2, 0) is 23.0 Å². The molecule has 6 nitrogen and oxygen atoms in total. The van der Waals surface area contributed by atoms with Crippen LogP contribution in [0.25, 0.3) is 0 Å². The van der Waals surface area contributed by atoms with E-state index >= 15 is 0 Å². The molecule has 0 saturated heterocycles. The molecule has 3 rings (SSSR count). The van der Waals surface area contributed by atoms with Crippen LogP contribution in [0, 0.1) is 0 Å². The summed E-state index contributed by atoms with van der Waals surface area (Å²) in [5.41, 5.74) is 3.00. The number of nitrogens with zero attached hydrogens (tertiary/aromatic N) is 1. The summed E-state index contributed by atoms with van der Waals surface area (Å²) in [5, 5.41) is 0. The second-order valence-corrected chi connectivity index (χ2v) is 7.74. The second kappa shape index (κ2) is 6.76. The monoisotopic (exact) mass is 360 g/mol. The minimum atomic E-state index is -3.34. The van der Waals surface area contributed by atoms with Crippen molar-refractivity contribution in [2.24, 2.45) is 0 Å². The molecule has 0 spiro atoms. The van der Waals surface area contributed by atoms with Gasteiger partial charge in [-0.05, 0) is 35.7 Å². The Hall–Kier alpha value is -2.54. The van der Waals surface area contributed by atoms with Crippen molar-refractivity contribution in [2.75, 3.05) is 24.6 Å². The van der Waals surface area contributed by atoms with Gasteiger partial charge in [0.05, 0.1) is 24.6 Å². The number of rotatable bonds is 4. The van der Waals surface area contributed by atoms with Crippen LogP contribution in [-0.4, -0.2) is 39.1 Å². The van der Waals surface area contributed by atoms with Crippen molar-refractivity contribution in [3.63, 3.8) is 0 Å². The number of amides is 1. The third-order valence-electron chi connectivity index (χ3n) is 4.19. The molecular weight excluding hydrogens is 340 g/mol. The summed E-state index contributed by atoms with van der Waals surface area (Å²) < 4.78 is 30.9. The number of nitrogens with one attached hydrogen (secondary N) is 1. The van der Waals surface area contributed by atoms with E-state index in [2.05, 4.69) is 4.72 Å². The molecule has 1 N–H and O–H groups in total. The van der Waals surface area contributed by atoms with Gasteiger partial charge in [-0.3, -0.25) is 9.52 Å². The average molecular weight is 360 g/mol. The Bertz CT molecular complexity index is 909. The van der Waals surface area contributed by atoms with E-state index in [0.717, 1.165) is 17.4 Å². The van der Waals surface area contributed by atoms with E-state index in [4.69, 9.17) is 4.74 Å². The van der Waals surface area contributed by atoms with Gasteiger partial charge in [-0.15, -0.1) is 0 Å². The van der Waals surface area contributed by atoms with Crippen LogP contribution in [0.2, 0.25) is 0 Å². The topological polar surface area (TPSA) is 75.7 Å². The van der Waals surface area contributed by atoms with E-state index in [9.17, 15) is 13.2 Å². The molecule has 25 heavy (non-hydrogen) atoms. The highest BCUT2D eigenvalue weighted by molar-refractivity contribution is 7.92. The van der Waals surface area contributed by atoms with Crippen LogP contribution in [0.3, 0.4) is 0 Å². The zero-order valence-corrected chi connectivity index (χ0v) is 15.0. The smallest absolute Gasteiger partial charge is 0.257 e. The van der Waals surface area contributed by atoms with Crippen LogP contribution in [0.15, 0.2) is 42.5 Å². The normalized spacial score (nSPS) is 13.9. The van der Waals surface area contributed by atoms with Gasteiger partial charge in [-0.25, -0.2) is 8.42 Å². The van der Waals surface area contributed by atoms with Crippen molar-refractivity contribution in [1.29, 1.82) is 0 Å². The molecule has 0 unspecified atom stereocenters. The van der Waals surface area contributed by atoms with Crippen LogP contribution in [0.1, 0.15) is 21.5 Å². The number of carbonyl (C=O) groups excluding carboxylic acids is 1. The van der Waals surface area contributed by atoms with Crippen molar-refractivity contribution in [3.8, 4) is 5.75 Å².